The van der Waals surface area contributed by atoms with Crippen LogP contribution in [-0.2, 0) is 11.3 Å². The Hall–Kier alpha value is -1.35. The Balaban J connectivity index is 2.17. The summed E-state index contributed by atoms with van der Waals surface area (Å²) in [6.45, 7) is 6.94. The molecule has 0 radical (unpaired) electrons. The van der Waals surface area contributed by atoms with Crippen LogP contribution in [0.1, 0.15) is 35.1 Å². The zero-order valence-electron chi connectivity index (χ0n) is 11.7. The Morgan fingerprint density at radius 3 is 2.22 bits per heavy atom. The Morgan fingerprint density at radius 2 is 1.78 bits per heavy atom. The molecule has 2 rings (SSSR count). The van der Waals surface area contributed by atoms with Crippen LogP contribution in [0, 0.1) is 20.8 Å². The molecule has 18 heavy (non-hydrogen) atoms. The second kappa shape index (κ2) is 4.39. The lowest BCUT2D eigenvalue weighted by atomic mass is 9.99. The van der Waals surface area contributed by atoms with Gasteiger partial charge in [0.15, 0.2) is 0 Å². The first-order valence-corrected chi connectivity index (χ1v) is 6.45. The topological polar surface area (TPSA) is 46.3 Å². The molecule has 98 valence electrons. The predicted octanol–water partition coefficient (Wildman–Crippen LogP) is 2.06. The van der Waals surface area contributed by atoms with Crippen molar-refractivity contribution < 1.29 is 4.79 Å². The number of carbonyl (C=O) groups excluding carboxylic acids is 1. The fraction of sp³-hybridized carbons (Fsp3) is 0.533. The Morgan fingerprint density at radius 1 is 1.28 bits per heavy atom. The van der Waals surface area contributed by atoms with Crippen molar-refractivity contribution in [3.8, 4) is 0 Å². The molecule has 0 aliphatic heterocycles. The Bertz CT molecular complexity index is 466. The highest BCUT2D eigenvalue weighted by Gasteiger charge is 2.47. The van der Waals surface area contributed by atoms with Crippen LogP contribution >= 0.6 is 0 Å². The molecule has 1 aliphatic carbocycles. The molecule has 1 aromatic carbocycles. The van der Waals surface area contributed by atoms with Crippen LogP contribution in [0.15, 0.2) is 12.1 Å². The minimum atomic E-state index is -0.568. The highest BCUT2D eigenvalue weighted by molar-refractivity contribution is 5.88. The summed E-state index contributed by atoms with van der Waals surface area (Å²) in [6, 6.07) is 4.33. The van der Waals surface area contributed by atoms with Crippen molar-refractivity contribution in [1.82, 2.24) is 4.90 Å². The first-order valence-electron chi connectivity index (χ1n) is 6.45. The summed E-state index contributed by atoms with van der Waals surface area (Å²) < 4.78 is 0. The summed E-state index contributed by atoms with van der Waals surface area (Å²) in [6.07, 6.45) is 1.64. The minimum absolute atomic E-state index is 0.0712. The van der Waals surface area contributed by atoms with Gasteiger partial charge in [0.2, 0.25) is 5.91 Å². The molecule has 0 atom stereocenters. The molecule has 0 spiro atoms. The van der Waals surface area contributed by atoms with Crippen LogP contribution in [0.4, 0.5) is 0 Å². The fourth-order valence-electron chi connectivity index (χ4n) is 2.50. The number of nitrogens with two attached hydrogens (primary N) is 1. The molecule has 1 aliphatic rings. The number of carbonyl (C=O) groups is 1. The standard InChI is InChI=1S/C15H22N2O/c1-10-7-11(2)13(12(3)8-10)9-17(4)14(18)15(16)5-6-15/h7-8H,5-6,9,16H2,1-4H3. The smallest absolute Gasteiger partial charge is 0.242 e. The molecule has 1 aromatic rings. The van der Waals surface area contributed by atoms with E-state index in [0.717, 1.165) is 12.8 Å². The van der Waals surface area contributed by atoms with E-state index in [9.17, 15) is 4.79 Å². The highest BCUT2D eigenvalue weighted by Crippen LogP contribution is 2.34. The summed E-state index contributed by atoms with van der Waals surface area (Å²) in [5.41, 5.74) is 10.4. The average Bonchev–Trinajstić information content (AvgIpc) is 3.01. The van der Waals surface area contributed by atoms with Crippen molar-refractivity contribution in [2.24, 2.45) is 5.73 Å². The van der Waals surface area contributed by atoms with E-state index in [2.05, 4.69) is 32.9 Å². The largest absolute Gasteiger partial charge is 0.340 e. The molecule has 1 fully saturated rings. The van der Waals surface area contributed by atoms with Crippen LogP contribution in [-0.4, -0.2) is 23.4 Å². The SMILES string of the molecule is Cc1cc(C)c(CN(C)C(=O)C2(N)CC2)c(C)c1. The van der Waals surface area contributed by atoms with Crippen LogP contribution in [0.2, 0.25) is 0 Å². The number of amides is 1. The average molecular weight is 246 g/mol. The van der Waals surface area contributed by atoms with Crippen LogP contribution in [0.5, 0.6) is 0 Å². The molecular formula is C15H22N2O. The quantitative estimate of drug-likeness (QED) is 0.887. The van der Waals surface area contributed by atoms with Crippen molar-refractivity contribution in [2.75, 3.05) is 7.05 Å². The van der Waals surface area contributed by atoms with Gasteiger partial charge in [-0.25, -0.2) is 0 Å². The summed E-state index contributed by atoms with van der Waals surface area (Å²) >= 11 is 0. The number of aryl methyl sites for hydroxylation is 3. The van der Waals surface area contributed by atoms with E-state index < -0.39 is 5.54 Å². The van der Waals surface area contributed by atoms with Gasteiger partial charge in [0.1, 0.15) is 0 Å². The third-order valence-corrected chi connectivity index (χ3v) is 3.80. The molecule has 1 amide bonds. The van der Waals surface area contributed by atoms with Crippen molar-refractivity contribution >= 4 is 5.91 Å². The third-order valence-electron chi connectivity index (χ3n) is 3.80. The summed E-state index contributed by atoms with van der Waals surface area (Å²) in [5.74, 6) is 0.0712. The van der Waals surface area contributed by atoms with Gasteiger partial charge in [0.25, 0.3) is 0 Å². The van der Waals surface area contributed by atoms with E-state index in [-0.39, 0.29) is 5.91 Å². The maximum Gasteiger partial charge on any atom is 0.242 e. The molecule has 0 saturated heterocycles. The van der Waals surface area contributed by atoms with E-state index >= 15 is 0 Å². The monoisotopic (exact) mass is 246 g/mol. The van der Waals surface area contributed by atoms with Crippen molar-refractivity contribution in [1.29, 1.82) is 0 Å². The summed E-state index contributed by atoms with van der Waals surface area (Å²) in [4.78, 5) is 13.9. The Kier molecular flexibility index (Phi) is 3.20. The first kappa shape index (κ1) is 13.1. The Labute approximate surface area is 109 Å². The summed E-state index contributed by atoms with van der Waals surface area (Å²) in [7, 11) is 1.84. The fourth-order valence-corrected chi connectivity index (χ4v) is 2.50. The third kappa shape index (κ3) is 2.41. The first-order chi connectivity index (χ1) is 8.33. The van der Waals surface area contributed by atoms with Crippen molar-refractivity contribution in [3.63, 3.8) is 0 Å². The number of nitrogens with zero attached hydrogens (tertiary/aromatic N) is 1. The van der Waals surface area contributed by atoms with Gasteiger partial charge in [-0.1, -0.05) is 17.7 Å². The van der Waals surface area contributed by atoms with Crippen LogP contribution in [0.25, 0.3) is 0 Å². The molecule has 0 bridgehead atoms. The van der Waals surface area contributed by atoms with E-state index in [1.165, 1.54) is 22.3 Å². The van der Waals surface area contributed by atoms with E-state index in [4.69, 9.17) is 5.73 Å². The molecule has 2 N–H and O–H groups in total. The zero-order chi connectivity index (χ0) is 13.5. The number of hydrogen-bond donors (Lipinski definition) is 1. The maximum absolute atomic E-state index is 12.1. The van der Waals surface area contributed by atoms with Crippen molar-refractivity contribution in [2.45, 2.75) is 45.7 Å². The number of hydrogen-bond acceptors (Lipinski definition) is 2. The lowest BCUT2D eigenvalue weighted by molar-refractivity contribution is -0.132. The highest BCUT2D eigenvalue weighted by atomic mass is 16.2. The number of benzene rings is 1. The number of likely N-dealkylation sites (N-methyl/N-ethyl adjacent to an activating group) is 1. The van der Waals surface area contributed by atoms with E-state index in [1.54, 1.807) is 4.90 Å². The summed E-state index contributed by atoms with van der Waals surface area (Å²) in [5, 5.41) is 0. The maximum atomic E-state index is 12.1. The lowest BCUT2D eigenvalue weighted by Crippen LogP contribution is -2.43. The van der Waals surface area contributed by atoms with Crippen LogP contribution in [0.3, 0.4) is 0 Å². The van der Waals surface area contributed by atoms with Crippen LogP contribution < -0.4 is 5.73 Å². The van der Waals surface area contributed by atoms with E-state index in [0.29, 0.717) is 6.54 Å². The zero-order valence-corrected chi connectivity index (χ0v) is 11.7. The van der Waals surface area contributed by atoms with Gasteiger partial charge in [-0.3, -0.25) is 4.79 Å². The minimum Gasteiger partial charge on any atom is -0.340 e. The van der Waals surface area contributed by atoms with Gasteiger partial charge in [0, 0.05) is 13.6 Å². The molecule has 3 nitrogen and oxygen atoms in total. The van der Waals surface area contributed by atoms with E-state index in [1.807, 2.05) is 7.05 Å². The van der Waals surface area contributed by atoms with Crippen molar-refractivity contribution in [3.05, 3.63) is 34.4 Å². The molecule has 3 heteroatoms. The second-order valence-corrected chi connectivity index (χ2v) is 5.69. The molecular weight excluding hydrogens is 224 g/mol. The predicted molar refractivity (Wildman–Crippen MR) is 73.3 cm³/mol. The molecule has 0 aromatic heterocycles. The van der Waals surface area contributed by atoms with Gasteiger partial charge in [-0.2, -0.15) is 0 Å². The normalized spacial score (nSPS) is 16.5. The molecule has 0 heterocycles. The van der Waals surface area contributed by atoms with Gasteiger partial charge < -0.3 is 10.6 Å². The van der Waals surface area contributed by atoms with Gasteiger partial charge in [0.05, 0.1) is 5.54 Å². The second-order valence-electron chi connectivity index (χ2n) is 5.69. The van der Waals surface area contributed by atoms with Gasteiger partial charge >= 0.3 is 0 Å². The van der Waals surface area contributed by atoms with Gasteiger partial charge in [-0.15, -0.1) is 0 Å². The lowest BCUT2D eigenvalue weighted by Gasteiger charge is -2.23. The molecule has 0 unspecified atom stereocenters. The van der Waals surface area contributed by atoms with Gasteiger partial charge in [-0.05, 0) is 50.3 Å². The number of rotatable bonds is 3. The molecule has 1 saturated carbocycles.